The highest BCUT2D eigenvalue weighted by Gasteiger charge is 2.12. The molecule has 0 fully saturated rings. The molecule has 0 amide bonds. The Labute approximate surface area is 120 Å². The molecule has 0 saturated heterocycles. The number of benzene rings is 1. The zero-order valence-electron chi connectivity index (χ0n) is 10.5. The van der Waals surface area contributed by atoms with E-state index in [1.165, 1.54) is 6.07 Å². The van der Waals surface area contributed by atoms with Crippen LogP contribution in [0.5, 0.6) is 0 Å². The van der Waals surface area contributed by atoms with Crippen LogP contribution in [0.1, 0.15) is 22.9 Å². The summed E-state index contributed by atoms with van der Waals surface area (Å²) in [6.07, 6.45) is 2.40. The minimum atomic E-state index is -0.207. The predicted octanol–water partition coefficient (Wildman–Crippen LogP) is 3.04. The third-order valence-electron chi connectivity index (χ3n) is 2.99. The highest BCUT2D eigenvalue weighted by atomic mass is 79.9. The van der Waals surface area contributed by atoms with E-state index in [9.17, 15) is 4.39 Å². The Kier molecular flexibility index (Phi) is 4.63. The maximum absolute atomic E-state index is 13.3. The summed E-state index contributed by atoms with van der Waals surface area (Å²) in [4.78, 5) is 4.32. The maximum Gasteiger partial charge on any atom is 0.126 e. The number of pyridine rings is 1. The van der Waals surface area contributed by atoms with Crippen LogP contribution >= 0.6 is 15.9 Å². The normalized spacial score (nSPS) is 12.4. The summed E-state index contributed by atoms with van der Waals surface area (Å²) in [6, 6.07) is 8.79. The first-order valence-corrected chi connectivity index (χ1v) is 6.72. The molecule has 1 atom stereocenters. The number of nitrogens with two attached hydrogens (primary N) is 1. The number of hydrogen-bond donors (Lipinski definition) is 2. The summed E-state index contributed by atoms with van der Waals surface area (Å²) in [7, 11) is 0. The number of hydrazine groups is 1. The average Bonchev–Trinajstić information content (AvgIpc) is 2.41. The molecule has 0 saturated carbocycles. The number of nitrogens with one attached hydrogen (secondary N) is 1. The molecule has 0 aliphatic carbocycles. The molecule has 0 aliphatic heterocycles. The third-order valence-corrected chi connectivity index (χ3v) is 3.46. The summed E-state index contributed by atoms with van der Waals surface area (Å²) in [5.41, 5.74) is 5.24. The minimum absolute atomic E-state index is 0.0898. The van der Waals surface area contributed by atoms with Gasteiger partial charge in [-0.3, -0.25) is 16.3 Å². The van der Waals surface area contributed by atoms with Crippen molar-refractivity contribution in [2.24, 2.45) is 5.84 Å². The van der Waals surface area contributed by atoms with Gasteiger partial charge in [0.2, 0.25) is 0 Å². The average molecular weight is 324 g/mol. The molecular weight excluding hydrogens is 309 g/mol. The standard InChI is InChI=1S/C14H15BrFN3/c1-9-6-10(2-5-13(9)16)14(19-17)7-12-4-3-11(15)8-18-12/h2-6,8,14,19H,7,17H2,1H3. The zero-order chi connectivity index (χ0) is 13.8. The van der Waals surface area contributed by atoms with Crippen molar-refractivity contribution in [2.45, 2.75) is 19.4 Å². The lowest BCUT2D eigenvalue weighted by atomic mass is 10.0. The van der Waals surface area contributed by atoms with Gasteiger partial charge in [-0.25, -0.2) is 4.39 Å². The van der Waals surface area contributed by atoms with E-state index in [1.807, 2.05) is 12.1 Å². The number of rotatable bonds is 4. The molecule has 100 valence electrons. The Bertz CT molecular complexity index is 557. The molecule has 0 bridgehead atoms. The van der Waals surface area contributed by atoms with Crippen LogP contribution in [0.15, 0.2) is 41.0 Å². The molecule has 0 spiro atoms. The Balaban J connectivity index is 2.19. The maximum atomic E-state index is 13.3. The van der Waals surface area contributed by atoms with Crippen molar-refractivity contribution in [3.05, 3.63) is 63.6 Å². The highest BCUT2D eigenvalue weighted by molar-refractivity contribution is 9.10. The van der Waals surface area contributed by atoms with E-state index in [-0.39, 0.29) is 11.9 Å². The van der Waals surface area contributed by atoms with Crippen molar-refractivity contribution in [1.82, 2.24) is 10.4 Å². The van der Waals surface area contributed by atoms with Crippen LogP contribution in [0.4, 0.5) is 4.39 Å². The van der Waals surface area contributed by atoms with E-state index < -0.39 is 0 Å². The van der Waals surface area contributed by atoms with Gasteiger partial charge in [0.1, 0.15) is 5.82 Å². The van der Waals surface area contributed by atoms with E-state index in [0.717, 1.165) is 15.7 Å². The quantitative estimate of drug-likeness (QED) is 0.671. The van der Waals surface area contributed by atoms with Gasteiger partial charge in [0, 0.05) is 22.8 Å². The Morgan fingerprint density at radius 1 is 1.37 bits per heavy atom. The molecule has 5 heteroatoms. The number of halogens is 2. The van der Waals surface area contributed by atoms with Crippen LogP contribution in [0.25, 0.3) is 0 Å². The van der Waals surface area contributed by atoms with Crippen molar-refractivity contribution in [1.29, 1.82) is 0 Å². The minimum Gasteiger partial charge on any atom is -0.271 e. The SMILES string of the molecule is Cc1cc(C(Cc2ccc(Br)cn2)NN)ccc1F. The number of aryl methyl sites for hydroxylation is 1. The van der Waals surface area contributed by atoms with Crippen LogP contribution in [0.2, 0.25) is 0 Å². The summed E-state index contributed by atoms with van der Waals surface area (Å²) in [5, 5.41) is 0. The number of hydrogen-bond acceptors (Lipinski definition) is 3. The lowest BCUT2D eigenvalue weighted by molar-refractivity contribution is 0.542. The van der Waals surface area contributed by atoms with Gasteiger partial charge in [0.25, 0.3) is 0 Å². The van der Waals surface area contributed by atoms with Crippen LogP contribution in [0.3, 0.4) is 0 Å². The van der Waals surface area contributed by atoms with Crippen molar-refractivity contribution in [3.63, 3.8) is 0 Å². The van der Waals surface area contributed by atoms with Gasteiger partial charge >= 0.3 is 0 Å². The Morgan fingerprint density at radius 2 is 2.16 bits per heavy atom. The molecule has 2 aromatic rings. The second-order valence-electron chi connectivity index (χ2n) is 4.40. The highest BCUT2D eigenvalue weighted by Crippen LogP contribution is 2.20. The molecule has 1 unspecified atom stereocenters. The fourth-order valence-corrected chi connectivity index (χ4v) is 2.13. The number of aromatic nitrogens is 1. The molecule has 1 aromatic heterocycles. The Hall–Kier alpha value is -1.30. The van der Waals surface area contributed by atoms with E-state index in [2.05, 4.69) is 26.3 Å². The van der Waals surface area contributed by atoms with Crippen LogP contribution < -0.4 is 11.3 Å². The van der Waals surface area contributed by atoms with E-state index in [4.69, 9.17) is 5.84 Å². The van der Waals surface area contributed by atoms with Crippen molar-refractivity contribution < 1.29 is 4.39 Å². The van der Waals surface area contributed by atoms with Gasteiger partial charge in [0.15, 0.2) is 0 Å². The molecule has 3 N–H and O–H groups in total. The fourth-order valence-electron chi connectivity index (χ4n) is 1.89. The second kappa shape index (κ2) is 6.23. The van der Waals surface area contributed by atoms with Crippen molar-refractivity contribution >= 4 is 15.9 Å². The summed E-state index contributed by atoms with van der Waals surface area (Å²) in [6.45, 7) is 1.74. The van der Waals surface area contributed by atoms with Crippen LogP contribution in [0, 0.1) is 12.7 Å². The summed E-state index contributed by atoms with van der Waals surface area (Å²) >= 11 is 3.35. The smallest absolute Gasteiger partial charge is 0.126 e. The first-order valence-electron chi connectivity index (χ1n) is 5.92. The third kappa shape index (κ3) is 3.59. The van der Waals surface area contributed by atoms with E-state index >= 15 is 0 Å². The van der Waals surface area contributed by atoms with Crippen molar-refractivity contribution in [3.8, 4) is 0 Å². The first-order chi connectivity index (χ1) is 9.10. The second-order valence-corrected chi connectivity index (χ2v) is 5.32. The lowest BCUT2D eigenvalue weighted by Crippen LogP contribution is -2.29. The van der Waals surface area contributed by atoms with E-state index in [0.29, 0.717) is 12.0 Å². The molecule has 0 aliphatic rings. The van der Waals surface area contributed by atoms with Gasteiger partial charge < -0.3 is 0 Å². The van der Waals surface area contributed by atoms with Crippen molar-refractivity contribution in [2.75, 3.05) is 0 Å². The molecular formula is C14H15BrFN3. The topological polar surface area (TPSA) is 50.9 Å². The molecule has 1 heterocycles. The van der Waals surface area contributed by atoms with Gasteiger partial charge in [0.05, 0.1) is 6.04 Å². The fraction of sp³-hybridized carbons (Fsp3) is 0.214. The monoisotopic (exact) mass is 323 g/mol. The zero-order valence-corrected chi connectivity index (χ0v) is 12.1. The van der Waals surface area contributed by atoms with Gasteiger partial charge in [-0.2, -0.15) is 0 Å². The lowest BCUT2D eigenvalue weighted by Gasteiger charge is -2.16. The number of nitrogens with zero attached hydrogens (tertiary/aromatic N) is 1. The largest absolute Gasteiger partial charge is 0.271 e. The van der Waals surface area contributed by atoms with E-state index in [1.54, 1.807) is 25.3 Å². The molecule has 1 aromatic carbocycles. The summed E-state index contributed by atoms with van der Waals surface area (Å²) < 4.78 is 14.2. The molecule has 2 rings (SSSR count). The summed E-state index contributed by atoms with van der Waals surface area (Å²) in [5.74, 6) is 5.38. The van der Waals surface area contributed by atoms with Gasteiger partial charge in [-0.05, 0) is 52.2 Å². The molecule has 0 radical (unpaired) electrons. The molecule has 3 nitrogen and oxygen atoms in total. The van der Waals surface area contributed by atoms with Gasteiger partial charge in [-0.1, -0.05) is 12.1 Å². The van der Waals surface area contributed by atoms with Crippen LogP contribution in [-0.2, 0) is 6.42 Å². The molecule has 19 heavy (non-hydrogen) atoms. The Morgan fingerprint density at radius 3 is 2.74 bits per heavy atom. The first kappa shape index (κ1) is 14.1. The van der Waals surface area contributed by atoms with Gasteiger partial charge in [-0.15, -0.1) is 0 Å². The predicted molar refractivity (Wildman–Crippen MR) is 76.8 cm³/mol. The van der Waals surface area contributed by atoms with Crippen LogP contribution in [-0.4, -0.2) is 4.98 Å².